The van der Waals surface area contributed by atoms with E-state index >= 15 is 0 Å². The first-order valence-corrected chi connectivity index (χ1v) is 17.1. The van der Waals surface area contributed by atoms with E-state index < -0.39 is 11.2 Å². The van der Waals surface area contributed by atoms with Crippen molar-refractivity contribution in [3.05, 3.63) is 35.8 Å². The van der Waals surface area contributed by atoms with E-state index in [0.29, 0.717) is 18.4 Å². The van der Waals surface area contributed by atoms with Crippen molar-refractivity contribution in [1.82, 2.24) is 9.80 Å². The van der Waals surface area contributed by atoms with Gasteiger partial charge in [-0.25, -0.2) is 0 Å². The number of aliphatic hydroxyl groups is 1. The second kappa shape index (κ2) is 11.1. The van der Waals surface area contributed by atoms with Crippen molar-refractivity contribution in [2.75, 3.05) is 52.5 Å². The van der Waals surface area contributed by atoms with E-state index in [-0.39, 0.29) is 16.9 Å². The molecule has 4 aliphatic carbocycles. The van der Waals surface area contributed by atoms with Crippen LogP contribution in [0.1, 0.15) is 96.7 Å². The van der Waals surface area contributed by atoms with Gasteiger partial charge in [0.2, 0.25) is 0 Å². The summed E-state index contributed by atoms with van der Waals surface area (Å²) in [5, 5.41) is 12.9. The van der Waals surface area contributed by atoms with E-state index in [2.05, 4.69) is 35.8 Å². The molecule has 0 spiro atoms. The van der Waals surface area contributed by atoms with Gasteiger partial charge < -0.3 is 28.8 Å². The molecule has 228 valence electrons. The number of fused-ring (bicyclic) bond motifs is 5. The number of allylic oxidation sites excluding steroid dienone is 1. The molecule has 2 saturated heterocycles. The van der Waals surface area contributed by atoms with Crippen molar-refractivity contribution in [2.24, 2.45) is 22.7 Å². The average molecular weight is 567 g/mol. The van der Waals surface area contributed by atoms with Gasteiger partial charge in [0.05, 0.1) is 31.2 Å². The predicted molar refractivity (Wildman–Crippen MR) is 161 cm³/mol. The highest BCUT2D eigenvalue weighted by Crippen LogP contribution is 2.72. The molecule has 1 aromatic rings. The molecule has 0 bridgehead atoms. The first-order valence-electron chi connectivity index (χ1n) is 17.1. The summed E-state index contributed by atoms with van der Waals surface area (Å²) in [6.07, 6.45) is 18.0. The minimum Gasteiger partial charge on any atom is -0.466 e. The highest BCUT2D eigenvalue weighted by atomic mass is 16.5. The topological polar surface area (TPSA) is 58.3 Å². The molecule has 1 N–H and O–H groups in total. The summed E-state index contributed by atoms with van der Waals surface area (Å²) < 4.78 is 19.6. The number of hydrogen-bond acceptors (Lipinski definition) is 6. The minimum absolute atomic E-state index is 0.168. The van der Waals surface area contributed by atoms with E-state index in [1.54, 1.807) is 11.8 Å². The molecule has 6 nitrogen and oxygen atoms in total. The van der Waals surface area contributed by atoms with Crippen molar-refractivity contribution in [3.63, 3.8) is 0 Å². The van der Waals surface area contributed by atoms with E-state index in [4.69, 9.17) is 13.9 Å². The summed E-state index contributed by atoms with van der Waals surface area (Å²) >= 11 is 0. The smallest absolute Gasteiger partial charge is 0.136 e. The standard InChI is InChI=1S/C35H54N2O4/c1-32-13-11-28(39-24-21-36-17-3-4-18-36)26-27(32)9-10-30-29(32)12-14-33(2)34(30,38)15-16-35(33,31-8-7-23-40-31)41-25-22-37-19-5-6-20-37/h7-8,23,26,28-30,38H,3-6,9-22,24-25H2,1-2H3/t28-,29-,30+,32-,33-,34-,35+/m0/s1. The lowest BCUT2D eigenvalue weighted by molar-refractivity contribution is -0.240. The molecular formula is C35H54N2O4. The molecule has 1 aromatic heterocycles. The van der Waals surface area contributed by atoms with Gasteiger partial charge in [-0.1, -0.05) is 25.5 Å². The van der Waals surface area contributed by atoms with Crippen LogP contribution in [0.4, 0.5) is 0 Å². The van der Waals surface area contributed by atoms with Crippen LogP contribution in [0.25, 0.3) is 0 Å². The maximum Gasteiger partial charge on any atom is 0.136 e. The lowest BCUT2D eigenvalue weighted by Crippen LogP contribution is -2.64. The van der Waals surface area contributed by atoms with Crippen LogP contribution in [0.3, 0.4) is 0 Å². The molecule has 0 aromatic carbocycles. The quantitative estimate of drug-likeness (QED) is 0.362. The molecule has 6 heteroatoms. The lowest BCUT2D eigenvalue weighted by Gasteiger charge is -2.63. The molecule has 6 aliphatic rings. The van der Waals surface area contributed by atoms with Crippen LogP contribution in [0.5, 0.6) is 0 Å². The molecule has 2 aliphatic heterocycles. The Labute approximate surface area is 247 Å². The second-order valence-corrected chi connectivity index (χ2v) is 14.9. The van der Waals surface area contributed by atoms with E-state index in [9.17, 15) is 5.11 Å². The Morgan fingerprint density at radius 2 is 1.61 bits per heavy atom. The fraction of sp³-hybridized carbons (Fsp3) is 0.829. The normalized spacial score (nSPS) is 43.1. The maximum absolute atomic E-state index is 12.9. The van der Waals surface area contributed by atoms with Gasteiger partial charge in [-0.05, 0) is 133 Å². The summed E-state index contributed by atoms with van der Waals surface area (Å²) in [6.45, 7) is 13.3. The summed E-state index contributed by atoms with van der Waals surface area (Å²) in [4.78, 5) is 5.07. The van der Waals surface area contributed by atoms with Gasteiger partial charge in [0.1, 0.15) is 11.4 Å². The summed E-state index contributed by atoms with van der Waals surface area (Å²) in [5.74, 6) is 1.74. The fourth-order valence-corrected chi connectivity index (χ4v) is 10.7. The highest BCUT2D eigenvalue weighted by Gasteiger charge is 2.73. The van der Waals surface area contributed by atoms with Crippen LogP contribution in [0, 0.1) is 22.7 Å². The third-order valence-corrected chi connectivity index (χ3v) is 13.2. The zero-order valence-electron chi connectivity index (χ0n) is 25.7. The molecule has 3 heterocycles. The molecule has 0 unspecified atom stereocenters. The zero-order chi connectivity index (χ0) is 28.1. The lowest BCUT2D eigenvalue weighted by atomic mass is 9.44. The molecule has 7 rings (SSSR count). The van der Waals surface area contributed by atoms with Crippen molar-refractivity contribution in [2.45, 2.75) is 108 Å². The molecule has 41 heavy (non-hydrogen) atoms. The molecule has 5 fully saturated rings. The number of nitrogens with zero attached hydrogens (tertiary/aromatic N) is 2. The first-order chi connectivity index (χ1) is 19.9. The highest BCUT2D eigenvalue weighted by molar-refractivity contribution is 5.32. The first kappa shape index (κ1) is 28.6. The monoisotopic (exact) mass is 566 g/mol. The largest absolute Gasteiger partial charge is 0.466 e. The Bertz CT molecular complexity index is 1080. The summed E-state index contributed by atoms with van der Waals surface area (Å²) in [6, 6.07) is 4.10. The number of ether oxygens (including phenoxy) is 2. The van der Waals surface area contributed by atoms with Crippen molar-refractivity contribution in [3.8, 4) is 0 Å². The third-order valence-electron chi connectivity index (χ3n) is 13.2. The van der Waals surface area contributed by atoms with Gasteiger partial charge in [-0.15, -0.1) is 0 Å². The minimum atomic E-state index is -0.742. The SMILES string of the molecule is C[C@]12CC[C@H]3[C@@H](CCC4=C[C@@H](OCCN5CCCC5)CC[C@@]43C)[C@@]1(O)CC[C@@]2(OCCN1CCCC1)c1ccco1. The van der Waals surface area contributed by atoms with Crippen LogP contribution >= 0.6 is 0 Å². The van der Waals surface area contributed by atoms with Crippen LogP contribution in [-0.4, -0.2) is 79.1 Å². The summed E-state index contributed by atoms with van der Waals surface area (Å²) in [5.41, 5.74) is 0.112. The number of hydrogen-bond donors (Lipinski definition) is 1. The summed E-state index contributed by atoms with van der Waals surface area (Å²) in [7, 11) is 0. The van der Waals surface area contributed by atoms with Crippen LogP contribution in [0.15, 0.2) is 34.5 Å². The Morgan fingerprint density at radius 3 is 2.32 bits per heavy atom. The van der Waals surface area contributed by atoms with E-state index in [1.165, 1.54) is 58.3 Å². The van der Waals surface area contributed by atoms with Crippen LogP contribution in [-0.2, 0) is 15.1 Å². The van der Waals surface area contributed by atoms with Crippen molar-refractivity contribution >= 4 is 0 Å². The van der Waals surface area contributed by atoms with Gasteiger partial charge in [0, 0.05) is 18.5 Å². The molecule has 0 amide bonds. The van der Waals surface area contributed by atoms with Crippen molar-refractivity contribution < 1.29 is 19.0 Å². The predicted octanol–water partition coefficient (Wildman–Crippen LogP) is 6.15. The molecular weight excluding hydrogens is 512 g/mol. The third kappa shape index (κ3) is 4.61. The molecule has 0 radical (unpaired) electrons. The Kier molecular flexibility index (Phi) is 7.72. The molecule has 7 atom stereocenters. The zero-order valence-corrected chi connectivity index (χ0v) is 25.7. The second-order valence-electron chi connectivity index (χ2n) is 14.9. The van der Waals surface area contributed by atoms with Crippen LogP contribution < -0.4 is 0 Å². The molecule has 3 saturated carbocycles. The number of rotatable bonds is 9. The van der Waals surface area contributed by atoms with Gasteiger partial charge in [0.15, 0.2) is 0 Å². The number of furan rings is 1. The van der Waals surface area contributed by atoms with E-state index in [0.717, 1.165) is 70.4 Å². The van der Waals surface area contributed by atoms with Gasteiger partial charge in [-0.2, -0.15) is 0 Å². The Balaban J connectivity index is 1.09. The van der Waals surface area contributed by atoms with Gasteiger partial charge in [0.25, 0.3) is 0 Å². The fourth-order valence-electron chi connectivity index (χ4n) is 10.7. The Hall–Kier alpha value is -1.18. The Morgan fingerprint density at radius 1 is 0.878 bits per heavy atom. The van der Waals surface area contributed by atoms with Gasteiger partial charge in [-0.3, -0.25) is 0 Å². The average Bonchev–Trinajstić information content (AvgIpc) is 3.79. The van der Waals surface area contributed by atoms with Crippen molar-refractivity contribution in [1.29, 1.82) is 0 Å². The van der Waals surface area contributed by atoms with E-state index in [1.807, 2.05) is 6.07 Å². The van der Waals surface area contributed by atoms with Crippen LogP contribution in [0.2, 0.25) is 0 Å². The maximum atomic E-state index is 12.9. The van der Waals surface area contributed by atoms with Gasteiger partial charge >= 0.3 is 0 Å². The number of likely N-dealkylation sites (tertiary alicyclic amines) is 2.